The molecule has 1 aromatic carbocycles. The van der Waals surface area contributed by atoms with Gasteiger partial charge in [-0.2, -0.15) is 21.0 Å². The maximum atomic E-state index is 11.4. The minimum atomic E-state index is -4.42. The average molecular weight is 309 g/mol. The van der Waals surface area contributed by atoms with Crippen LogP contribution in [-0.4, -0.2) is 38.9 Å². The van der Waals surface area contributed by atoms with E-state index in [0.29, 0.717) is 0 Å². The van der Waals surface area contributed by atoms with Crippen molar-refractivity contribution in [2.24, 2.45) is 5.73 Å². The summed E-state index contributed by atoms with van der Waals surface area (Å²) in [7, 11) is -2.92. The van der Waals surface area contributed by atoms with E-state index >= 15 is 0 Å². The first-order chi connectivity index (χ1) is 8.96. The van der Waals surface area contributed by atoms with Crippen LogP contribution in [0.1, 0.15) is 10.4 Å². The Kier molecular flexibility index (Phi) is 8.16. The molecule has 0 amide bonds. The molecular formula is C10H15NO6S2. The van der Waals surface area contributed by atoms with Crippen LogP contribution in [0.5, 0.6) is 5.75 Å². The number of rotatable bonds is 5. The quantitative estimate of drug-likeness (QED) is 0.670. The number of para-hydroxylation sites is 1. The Hall–Kier alpha value is -1.29. The summed E-state index contributed by atoms with van der Waals surface area (Å²) in [6.45, 7) is -0.209. The van der Waals surface area contributed by atoms with Crippen LogP contribution in [0.4, 0.5) is 0 Å². The number of phenolic OH excluding ortho intramolecular Hbond substituents is 1. The Labute approximate surface area is 117 Å². The van der Waals surface area contributed by atoms with Gasteiger partial charge in [-0.25, -0.2) is 8.98 Å². The van der Waals surface area contributed by atoms with Crippen molar-refractivity contribution in [3.8, 4) is 5.75 Å². The minimum Gasteiger partial charge on any atom is -0.507 e. The summed E-state index contributed by atoms with van der Waals surface area (Å²) >= 11 is 3.74. The van der Waals surface area contributed by atoms with Crippen molar-refractivity contribution >= 4 is 29.0 Å². The number of carbonyl (C=O) groups excluding carboxylic acids is 1. The van der Waals surface area contributed by atoms with Crippen LogP contribution in [0.25, 0.3) is 0 Å². The first kappa shape index (κ1) is 17.7. The van der Waals surface area contributed by atoms with Crippen molar-refractivity contribution in [1.82, 2.24) is 0 Å². The lowest BCUT2D eigenvalue weighted by Crippen LogP contribution is -2.17. The molecule has 0 aliphatic heterocycles. The van der Waals surface area contributed by atoms with Gasteiger partial charge >= 0.3 is 16.4 Å². The third-order valence-corrected chi connectivity index (χ3v) is 2.61. The summed E-state index contributed by atoms with van der Waals surface area (Å²) in [6, 6.07) is 5.40. The van der Waals surface area contributed by atoms with Crippen molar-refractivity contribution in [3.05, 3.63) is 29.8 Å². The van der Waals surface area contributed by atoms with Crippen LogP contribution >= 0.6 is 12.6 Å². The highest BCUT2D eigenvalue weighted by atomic mass is 32.3. The van der Waals surface area contributed by atoms with Gasteiger partial charge in [-0.3, -0.25) is 0 Å². The second kappa shape index (κ2) is 8.75. The zero-order valence-corrected chi connectivity index (χ0v) is 11.9. The number of phenols is 1. The molecule has 0 aliphatic carbocycles. The standard InChI is InChI=1S/C9H10O6S2.CH5N/c10-8-4-2-1-3-7(8)9(11)15-17(12,13)14-5-6-16;1-2/h1-4,10,16H,5-6H2;2H2,1H3. The fourth-order valence-electron chi connectivity index (χ4n) is 0.947. The second-order valence-electron chi connectivity index (χ2n) is 2.84. The van der Waals surface area contributed by atoms with Gasteiger partial charge < -0.3 is 15.0 Å². The maximum Gasteiger partial charge on any atom is 0.451 e. The van der Waals surface area contributed by atoms with Gasteiger partial charge in [-0.1, -0.05) is 12.1 Å². The lowest BCUT2D eigenvalue weighted by atomic mass is 10.2. The molecule has 0 radical (unpaired) electrons. The van der Waals surface area contributed by atoms with Gasteiger partial charge in [-0.05, 0) is 19.2 Å². The molecule has 0 aromatic heterocycles. The molecule has 0 fully saturated rings. The molecule has 1 aromatic rings. The number of hydrogen-bond acceptors (Lipinski definition) is 8. The lowest BCUT2D eigenvalue weighted by molar-refractivity contribution is 0.0711. The number of benzene rings is 1. The number of hydrogen-bond donors (Lipinski definition) is 3. The third kappa shape index (κ3) is 6.43. The molecular weight excluding hydrogens is 294 g/mol. The molecule has 1 rings (SSSR count). The average Bonchev–Trinajstić information content (AvgIpc) is 2.38. The highest BCUT2D eigenvalue weighted by Gasteiger charge is 2.21. The summed E-state index contributed by atoms with van der Waals surface area (Å²) in [4.78, 5) is 11.4. The van der Waals surface area contributed by atoms with Crippen LogP contribution in [0.3, 0.4) is 0 Å². The van der Waals surface area contributed by atoms with E-state index in [0.717, 1.165) is 0 Å². The Balaban J connectivity index is 0.00000154. The zero-order chi connectivity index (χ0) is 14.9. The summed E-state index contributed by atoms with van der Waals surface area (Å²) in [5.74, 6) is -1.42. The largest absolute Gasteiger partial charge is 0.507 e. The highest BCUT2D eigenvalue weighted by molar-refractivity contribution is 7.82. The number of nitrogens with two attached hydrogens (primary N) is 1. The monoisotopic (exact) mass is 309 g/mol. The van der Waals surface area contributed by atoms with Crippen molar-refractivity contribution in [2.45, 2.75) is 0 Å². The molecule has 9 heteroatoms. The van der Waals surface area contributed by atoms with Gasteiger partial charge in [0.1, 0.15) is 11.3 Å². The summed E-state index contributed by atoms with van der Waals surface area (Å²) in [6.07, 6.45) is 0. The normalized spacial score (nSPS) is 10.3. The molecule has 0 atom stereocenters. The molecule has 19 heavy (non-hydrogen) atoms. The van der Waals surface area contributed by atoms with Crippen molar-refractivity contribution in [1.29, 1.82) is 0 Å². The smallest absolute Gasteiger partial charge is 0.451 e. The summed E-state index contributed by atoms with van der Waals surface area (Å²) in [5.41, 5.74) is 4.24. The first-order valence-electron chi connectivity index (χ1n) is 5.06. The van der Waals surface area contributed by atoms with Crippen LogP contribution in [0, 0.1) is 0 Å². The molecule has 0 unspecified atom stereocenters. The molecule has 3 N–H and O–H groups in total. The van der Waals surface area contributed by atoms with E-state index in [1.165, 1.54) is 31.3 Å². The van der Waals surface area contributed by atoms with Crippen LogP contribution in [-0.2, 0) is 18.8 Å². The van der Waals surface area contributed by atoms with Gasteiger partial charge in [0, 0.05) is 5.75 Å². The molecule has 0 saturated heterocycles. The van der Waals surface area contributed by atoms with Crippen molar-refractivity contribution in [3.63, 3.8) is 0 Å². The van der Waals surface area contributed by atoms with E-state index in [1.54, 1.807) is 0 Å². The first-order valence-corrected chi connectivity index (χ1v) is 7.02. The zero-order valence-electron chi connectivity index (χ0n) is 10.1. The van der Waals surface area contributed by atoms with Crippen LogP contribution in [0.2, 0.25) is 0 Å². The van der Waals surface area contributed by atoms with E-state index in [1.807, 2.05) is 0 Å². The molecule has 0 aliphatic rings. The topological polar surface area (TPSA) is 116 Å². The Morgan fingerprint density at radius 1 is 1.37 bits per heavy atom. The summed E-state index contributed by atoms with van der Waals surface area (Å²) < 4.78 is 30.6. The van der Waals surface area contributed by atoms with Gasteiger partial charge in [-0.15, -0.1) is 0 Å². The molecule has 7 nitrogen and oxygen atoms in total. The third-order valence-electron chi connectivity index (χ3n) is 1.62. The van der Waals surface area contributed by atoms with Crippen molar-refractivity contribution in [2.75, 3.05) is 19.4 Å². The van der Waals surface area contributed by atoms with Gasteiger partial charge in [0.05, 0.1) is 6.61 Å². The molecule has 0 saturated carbocycles. The molecule has 108 valence electrons. The summed E-state index contributed by atoms with van der Waals surface area (Å²) in [5, 5.41) is 9.31. The molecule has 0 spiro atoms. The van der Waals surface area contributed by atoms with Crippen LogP contribution in [0.15, 0.2) is 24.3 Å². The fraction of sp³-hybridized carbons (Fsp3) is 0.300. The fourth-order valence-corrected chi connectivity index (χ4v) is 1.77. The van der Waals surface area contributed by atoms with E-state index in [-0.39, 0.29) is 23.7 Å². The predicted octanol–water partition coefficient (Wildman–Crippen LogP) is 0.315. The predicted molar refractivity (Wildman–Crippen MR) is 72.4 cm³/mol. The van der Waals surface area contributed by atoms with Crippen LogP contribution < -0.4 is 5.73 Å². The SMILES string of the molecule is CN.O=C(OS(=O)(=O)OCCS)c1ccccc1O. The van der Waals surface area contributed by atoms with E-state index in [9.17, 15) is 18.3 Å². The maximum absolute atomic E-state index is 11.4. The lowest BCUT2D eigenvalue weighted by Gasteiger charge is -2.05. The Morgan fingerprint density at radius 2 is 1.95 bits per heavy atom. The minimum absolute atomic E-state index is 0.160. The number of aromatic hydroxyl groups is 1. The number of carbonyl (C=O) groups is 1. The van der Waals surface area contributed by atoms with Gasteiger partial charge in [0.2, 0.25) is 0 Å². The number of thiol groups is 1. The van der Waals surface area contributed by atoms with Gasteiger partial charge in [0.25, 0.3) is 0 Å². The van der Waals surface area contributed by atoms with E-state index < -0.39 is 16.4 Å². The van der Waals surface area contributed by atoms with Gasteiger partial charge in [0.15, 0.2) is 0 Å². The van der Waals surface area contributed by atoms with E-state index in [4.69, 9.17) is 0 Å². The molecule has 0 heterocycles. The Morgan fingerprint density at radius 3 is 2.47 bits per heavy atom. The van der Waals surface area contributed by atoms with Crippen molar-refractivity contribution < 1.29 is 26.7 Å². The molecule has 0 bridgehead atoms. The van der Waals surface area contributed by atoms with E-state index in [2.05, 4.69) is 26.7 Å². The highest BCUT2D eigenvalue weighted by Crippen LogP contribution is 2.17. The Bertz CT molecular complexity index is 502. The second-order valence-corrected chi connectivity index (χ2v) is 4.51.